The van der Waals surface area contributed by atoms with Crippen molar-refractivity contribution in [3.05, 3.63) is 84.2 Å². The van der Waals surface area contributed by atoms with E-state index in [0.29, 0.717) is 12.9 Å². The van der Waals surface area contributed by atoms with Crippen molar-refractivity contribution < 1.29 is 0 Å². The third kappa shape index (κ3) is 3.97. The highest BCUT2D eigenvalue weighted by Gasteiger charge is 2.48. The fourth-order valence-electron chi connectivity index (χ4n) is 4.78. The first-order chi connectivity index (χ1) is 13.9. The van der Waals surface area contributed by atoms with Gasteiger partial charge in [0.2, 0.25) is 0 Å². The first-order valence-corrected chi connectivity index (χ1v) is 11.2. The lowest BCUT2D eigenvalue weighted by Crippen LogP contribution is -2.57. The Morgan fingerprint density at radius 2 is 1.10 bits per heavy atom. The second-order valence-corrected chi connectivity index (χ2v) is 9.21. The molecule has 2 nitrogen and oxygen atoms in total. The molecule has 0 aliphatic carbocycles. The largest absolute Gasteiger partial charge is 0.392 e. The zero-order chi connectivity index (χ0) is 21.1. The maximum absolute atomic E-state index is 2.62. The Bertz CT molecular complexity index is 740. The number of benzene rings is 2. The molecule has 29 heavy (non-hydrogen) atoms. The van der Waals surface area contributed by atoms with Crippen LogP contribution in [0.25, 0.3) is 0 Å². The van der Waals surface area contributed by atoms with E-state index in [-0.39, 0.29) is 11.1 Å². The molecule has 0 saturated carbocycles. The molecular formula is C26H37BN2. The molecule has 2 atom stereocenters. The van der Waals surface area contributed by atoms with Crippen molar-refractivity contribution in [3.8, 4) is 0 Å². The molecule has 2 aromatic rings. The van der Waals surface area contributed by atoms with E-state index in [1.807, 2.05) is 0 Å². The van der Waals surface area contributed by atoms with Gasteiger partial charge in [-0.1, -0.05) is 88.4 Å². The van der Waals surface area contributed by atoms with Crippen molar-refractivity contribution in [2.75, 3.05) is 0 Å². The van der Waals surface area contributed by atoms with E-state index in [4.69, 9.17) is 0 Å². The minimum atomic E-state index is -0.0304. The molecule has 0 spiro atoms. The summed E-state index contributed by atoms with van der Waals surface area (Å²) in [6.07, 6.45) is 7.97. The number of nitrogens with zero attached hydrogens (tertiary/aromatic N) is 2. The molecule has 0 saturated heterocycles. The smallest absolute Gasteiger partial charge is 0.376 e. The Morgan fingerprint density at radius 3 is 1.41 bits per heavy atom. The van der Waals surface area contributed by atoms with E-state index in [1.54, 1.807) is 0 Å². The van der Waals surface area contributed by atoms with Gasteiger partial charge in [0, 0.05) is 12.4 Å². The van der Waals surface area contributed by atoms with Gasteiger partial charge >= 0.3 is 6.98 Å². The number of hydrogen-bond acceptors (Lipinski definition) is 2. The maximum atomic E-state index is 2.62. The van der Waals surface area contributed by atoms with E-state index < -0.39 is 0 Å². The summed E-state index contributed by atoms with van der Waals surface area (Å²) in [5.41, 5.74) is 2.72. The van der Waals surface area contributed by atoms with Crippen molar-refractivity contribution in [1.82, 2.24) is 9.62 Å². The number of rotatable bonds is 8. The summed E-state index contributed by atoms with van der Waals surface area (Å²) < 4.78 is 0. The molecule has 0 amide bonds. The Balaban J connectivity index is 2.04. The van der Waals surface area contributed by atoms with E-state index in [1.165, 1.54) is 11.1 Å². The van der Waals surface area contributed by atoms with Gasteiger partial charge in [0.1, 0.15) is 0 Å². The summed E-state index contributed by atoms with van der Waals surface area (Å²) >= 11 is 0. The van der Waals surface area contributed by atoms with Crippen LogP contribution in [-0.4, -0.2) is 16.6 Å². The van der Waals surface area contributed by atoms with Gasteiger partial charge in [-0.3, -0.25) is 0 Å². The Hall–Kier alpha value is -2.16. The molecule has 1 aliphatic rings. The predicted molar refractivity (Wildman–Crippen MR) is 126 cm³/mol. The molecule has 2 aromatic carbocycles. The Kier molecular flexibility index (Phi) is 6.46. The van der Waals surface area contributed by atoms with Crippen LogP contribution in [0.4, 0.5) is 0 Å². The summed E-state index contributed by atoms with van der Waals surface area (Å²) in [4.78, 5) is 5.25. The lowest BCUT2D eigenvalue weighted by molar-refractivity contribution is 0.217. The number of hydrogen-bond donors (Lipinski definition) is 0. The van der Waals surface area contributed by atoms with Gasteiger partial charge in [0.05, 0.1) is 11.1 Å². The van der Waals surface area contributed by atoms with Gasteiger partial charge < -0.3 is 9.62 Å². The molecule has 154 valence electrons. The minimum Gasteiger partial charge on any atom is -0.392 e. The lowest BCUT2D eigenvalue weighted by Gasteiger charge is -2.48. The van der Waals surface area contributed by atoms with Crippen molar-refractivity contribution >= 4 is 6.98 Å². The summed E-state index contributed by atoms with van der Waals surface area (Å²) in [7, 11) is 0. The first kappa shape index (κ1) is 21.6. The van der Waals surface area contributed by atoms with Crippen LogP contribution in [-0.2, 0) is 11.1 Å². The van der Waals surface area contributed by atoms with Crippen molar-refractivity contribution in [2.24, 2.45) is 5.92 Å². The van der Waals surface area contributed by atoms with Crippen LogP contribution in [0.1, 0.15) is 65.5 Å². The molecular weight excluding hydrogens is 351 g/mol. The highest BCUT2D eigenvalue weighted by Crippen LogP contribution is 2.43. The van der Waals surface area contributed by atoms with E-state index >= 15 is 0 Å². The Labute approximate surface area is 178 Å². The van der Waals surface area contributed by atoms with Crippen molar-refractivity contribution in [1.29, 1.82) is 0 Å². The van der Waals surface area contributed by atoms with Crippen molar-refractivity contribution in [3.63, 3.8) is 0 Å². The molecule has 2 unspecified atom stereocenters. The van der Waals surface area contributed by atoms with Gasteiger partial charge in [0.15, 0.2) is 0 Å². The zero-order valence-corrected chi connectivity index (χ0v) is 19.1. The molecule has 0 bridgehead atoms. The molecule has 1 aliphatic heterocycles. The molecule has 0 fully saturated rings. The van der Waals surface area contributed by atoms with Crippen LogP contribution in [0.5, 0.6) is 0 Å². The van der Waals surface area contributed by atoms with Crippen molar-refractivity contribution in [2.45, 2.75) is 71.8 Å². The van der Waals surface area contributed by atoms with Crippen LogP contribution in [0.2, 0.25) is 6.32 Å². The molecule has 3 rings (SSSR count). The second kappa shape index (κ2) is 8.69. The van der Waals surface area contributed by atoms with Gasteiger partial charge in [0.25, 0.3) is 0 Å². The third-order valence-electron chi connectivity index (χ3n) is 7.02. The molecule has 0 aromatic heterocycles. The quantitative estimate of drug-likeness (QED) is 0.455. The monoisotopic (exact) mass is 388 g/mol. The van der Waals surface area contributed by atoms with Crippen LogP contribution < -0.4 is 0 Å². The Morgan fingerprint density at radius 1 is 0.724 bits per heavy atom. The SMILES string of the molecule is CCC(C)(c1ccccc1)N1C=CN(C(C)(CC)c2ccccc2)B1CC(C)C. The maximum Gasteiger partial charge on any atom is 0.376 e. The van der Waals surface area contributed by atoms with Crippen LogP contribution in [0.15, 0.2) is 73.1 Å². The molecule has 0 N–H and O–H groups in total. The van der Waals surface area contributed by atoms with Gasteiger partial charge in [-0.15, -0.1) is 0 Å². The fraction of sp³-hybridized carbons (Fsp3) is 0.462. The average Bonchev–Trinajstić information content (AvgIpc) is 3.17. The molecule has 1 heterocycles. The minimum absolute atomic E-state index is 0.0304. The first-order valence-electron chi connectivity index (χ1n) is 11.2. The summed E-state index contributed by atoms with van der Waals surface area (Å²) in [6.45, 7) is 14.4. The van der Waals surface area contributed by atoms with Crippen LogP contribution in [0.3, 0.4) is 0 Å². The van der Waals surface area contributed by atoms with Crippen LogP contribution >= 0.6 is 0 Å². The topological polar surface area (TPSA) is 6.48 Å². The third-order valence-corrected chi connectivity index (χ3v) is 7.02. The molecule has 3 heteroatoms. The van der Waals surface area contributed by atoms with E-state index in [2.05, 4.69) is 124 Å². The van der Waals surface area contributed by atoms with Gasteiger partial charge in [-0.2, -0.15) is 0 Å². The van der Waals surface area contributed by atoms with Gasteiger partial charge in [-0.05, 0) is 50.1 Å². The van der Waals surface area contributed by atoms with E-state index in [0.717, 1.165) is 19.2 Å². The van der Waals surface area contributed by atoms with Gasteiger partial charge in [-0.25, -0.2) is 0 Å². The predicted octanol–water partition coefficient (Wildman–Crippen LogP) is 6.87. The van der Waals surface area contributed by atoms with Crippen LogP contribution in [0, 0.1) is 5.92 Å². The van der Waals surface area contributed by atoms with E-state index in [9.17, 15) is 0 Å². The average molecular weight is 388 g/mol. The zero-order valence-electron chi connectivity index (χ0n) is 19.1. The standard InChI is InChI=1S/C26H37BN2/c1-7-25(5,23-15-11-9-12-16-23)28-19-20-29(27(28)21-22(3)4)26(6,8-2)24-17-13-10-14-18-24/h9-20,22H,7-8,21H2,1-6H3. The second-order valence-electron chi connectivity index (χ2n) is 9.21. The lowest BCUT2D eigenvalue weighted by atomic mass is 9.59. The summed E-state index contributed by atoms with van der Waals surface area (Å²) in [5.74, 6) is 0.624. The fourth-order valence-corrected chi connectivity index (χ4v) is 4.78. The molecule has 0 radical (unpaired) electrons. The summed E-state index contributed by atoms with van der Waals surface area (Å²) in [6, 6.07) is 22.0. The summed E-state index contributed by atoms with van der Waals surface area (Å²) in [5, 5.41) is 0. The highest BCUT2D eigenvalue weighted by molar-refractivity contribution is 6.54. The normalized spacial score (nSPS) is 18.2. The highest BCUT2D eigenvalue weighted by atomic mass is 15.3.